The van der Waals surface area contributed by atoms with Gasteiger partial charge in [0, 0.05) is 16.3 Å². The maximum atomic E-state index is 13.3. The van der Waals surface area contributed by atoms with E-state index in [4.69, 9.17) is 16.3 Å². The summed E-state index contributed by atoms with van der Waals surface area (Å²) in [6.07, 6.45) is 0.881. The molecule has 1 unspecified atom stereocenters. The number of anilines is 1. The van der Waals surface area contributed by atoms with E-state index in [9.17, 15) is 14.7 Å². The van der Waals surface area contributed by atoms with Crippen molar-refractivity contribution >= 4 is 34.7 Å². The van der Waals surface area contributed by atoms with Crippen LogP contribution in [0.5, 0.6) is 5.75 Å². The van der Waals surface area contributed by atoms with E-state index >= 15 is 0 Å². The maximum absolute atomic E-state index is 13.3. The number of rotatable bonds is 6. The number of carbonyl (C=O) groups excluding carboxylic acids is 2. The molecular weight excluding hydrogens is 450 g/mol. The van der Waals surface area contributed by atoms with Crippen molar-refractivity contribution in [2.24, 2.45) is 0 Å². The molecule has 1 heterocycles. The number of ketones is 1. The number of ether oxygens (including phenoxy) is 1. The van der Waals surface area contributed by atoms with Crippen LogP contribution in [0.3, 0.4) is 0 Å². The summed E-state index contributed by atoms with van der Waals surface area (Å²) in [7, 11) is 0. The summed E-state index contributed by atoms with van der Waals surface area (Å²) < 4.78 is 5.73. The van der Waals surface area contributed by atoms with E-state index in [0.717, 1.165) is 28.9 Å². The van der Waals surface area contributed by atoms with Gasteiger partial charge >= 0.3 is 0 Å². The number of amides is 1. The quantitative estimate of drug-likeness (QED) is 0.255. The third kappa shape index (κ3) is 4.44. The van der Waals surface area contributed by atoms with E-state index in [1.54, 1.807) is 42.5 Å². The van der Waals surface area contributed by atoms with Crippen LogP contribution in [-0.2, 0) is 9.59 Å². The number of nitrogens with zero attached hydrogens (tertiary/aromatic N) is 1. The highest BCUT2D eigenvalue weighted by Crippen LogP contribution is 2.42. The summed E-state index contributed by atoms with van der Waals surface area (Å²) in [4.78, 5) is 27.9. The summed E-state index contributed by atoms with van der Waals surface area (Å²) in [5, 5.41) is 11.8. The largest absolute Gasteiger partial charge is 0.507 e. The van der Waals surface area contributed by atoms with Crippen LogP contribution in [-0.4, -0.2) is 23.4 Å². The van der Waals surface area contributed by atoms with Crippen molar-refractivity contribution in [2.75, 3.05) is 11.5 Å². The Morgan fingerprint density at radius 3 is 2.41 bits per heavy atom. The van der Waals surface area contributed by atoms with Gasteiger partial charge in [0.15, 0.2) is 0 Å². The van der Waals surface area contributed by atoms with Crippen LogP contribution in [0.15, 0.2) is 72.3 Å². The molecule has 1 atom stereocenters. The number of benzene rings is 3. The summed E-state index contributed by atoms with van der Waals surface area (Å²) in [5.74, 6) is -0.931. The van der Waals surface area contributed by atoms with Gasteiger partial charge in [-0.25, -0.2) is 0 Å². The van der Waals surface area contributed by atoms with Crippen molar-refractivity contribution in [3.05, 3.63) is 99.6 Å². The summed E-state index contributed by atoms with van der Waals surface area (Å²) >= 11 is 6.05. The molecule has 6 heteroatoms. The van der Waals surface area contributed by atoms with Gasteiger partial charge in [0.2, 0.25) is 0 Å². The molecule has 0 spiro atoms. The summed E-state index contributed by atoms with van der Waals surface area (Å²) in [6, 6.07) is 18.8. The number of aryl methyl sites for hydroxylation is 2. The molecule has 0 radical (unpaired) electrons. The Kier molecular flexibility index (Phi) is 6.75. The first-order valence-corrected chi connectivity index (χ1v) is 11.6. The fraction of sp³-hybridized carbons (Fsp3) is 0.214. The highest BCUT2D eigenvalue weighted by molar-refractivity contribution is 6.51. The lowest BCUT2D eigenvalue weighted by atomic mass is 9.94. The number of Topliss-reactive ketones (excluding diaryl/α,β-unsaturated/α-hetero) is 1. The molecule has 1 aliphatic rings. The minimum absolute atomic E-state index is 0.0483. The van der Waals surface area contributed by atoms with Crippen molar-refractivity contribution in [2.45, 2.75) is 33.2 Å². The van der Waals surface area contributed by atoms with Crippen LogP contribution in [0.2, 0.25) is 5.02 Å². The van der Waals surface area contributed by atoms with Crippen molar-refractivity contribution < 1.29 is 19.4 Å². The lowest BCUT2D eigenvalue weighted by Gasteiger charge is -2.25. The van der Waals surface area contributed by atoms with Crippen LogP contribution in [0.1, 0.15) is 41.6 Å². The van der Waals surface area contributed by atoms with Gasteiger partial charge in [0.1, 0.15) is 11.5 Å². The SMILES string of the molecule is CCCOc1ccc(/C(O)=C2/C(=O)C(=O)N(c3ccc(Cl)cc3)C2c2cccc(C)c2)cc1C. The molecule has 4 rings (SSSR count). The average molecular weight is 476 g/mol. The molecular formula is C28H26ClNO4. The second-order valence-corrected chi connectivity index (χ2v) is 8.82. The van der Waals surface area contributed by atoms with E-state index in [2.05, 4.69) is 0 Å². The topological polar surface area (TPSA) is 66.8 Å². The summed E-state index contributed by atoms with van der Waals surface area (Å²) in [5.41, 5.74) is 3.57. The van der Waals surface area contributed by atoms with E-state index in [1.807, 2.05) is 45.0 Å². The lowest BCUT2D eigenvalue weighted by molar-refractivity contribution is -0.132. The molecule has 34 heavy (non-hydrogen) atoms. The average Bonchev–Trinajstić information content (AvgIpc) is 3.09. The Balaban J connectivity index is 1.88. The second-order valence-electron chi connectivity index (χ2n) is 8.39. The fourth-order valence-electron chi connectivity index (χ4n) is 4.18. The predicted molar refractivity (Wildman–Crippen MR) is 134 cm³/mol. The van der Waals surface area contributed by atoms with Gasteiger partial charge < -0.3 is 9.84 Å². The van der Waals surface area contributed by atoms with Crippen LogP contribution in [0.4, 0.5) is 5.69 Å². The van der Waals surface area contributed by atoms with Gasteiger partial charge in [-0.1, -0.05) is 48.4 Å². The van der Waals surface area contributed by atoms with Gasteiger partial charge in [-0.05, 0) is 73.9 Å². The Labute approximate surface area is 204 Å². The van der Waals surface area contributed by atoms with Crippen molar-refractivity contribution in [3.8, 4) is 5.75 Å². The second kappa shape index (κ2) is 9.74. The highest BCUT2D eigenvalue weighted by Gasteiger charge is 2.47. The molecule has 1 amide bonds. The number of hydrogen-bond donors (Lipinski definition) is 1. The standard InChI is InChI=1S/C28H26ClNO4/c1-4-14-34-23-13-8-20(16-18(23)3)26(31)24-25(19-7-5-6-17(2)15-19)30(28(33)27(24)32)22-11-9-21(29)10-12-22/h5-13,15-16,25,31H,4,14H2,1-3H3/b26-24-. The molecule has 0 bridgehead atoms. The molecule has 3 aromatic carbocycles. The van der Waals surface area contributed by atoms with Crippen molar-refractivity contribution in [1.82, 2.24) is 0 Å². The zero-order chi connectivity index (χ0) is 24.4. The number of halogens is 1. The molecule has 5 nitrogen and oxygen atoms in total. The molecule has 174 valence electrons. The van der Waals surface area contributed by atoms with Gasteiger partial charge in [-0.15, -0.1) is 0 Å². The number of carbonyl (C=O) groups is 2. The minimum Gasteiger partial charge on any atom is -0.507 e. The van der Waals surface area contributed by atoms with Gasteiger partial charge in [-0.2, -0.15) is 0 Å². The van der Waals surface area contributed by atoms with Gasteiger partial charge in [0.05, 0.1) is 18.2 Å². The zero-order valence-corrected chi connectivity index (χ0v) is 20.1. The normalized spacial score (nSPS) is 17.3. The molecule has 3 aromatic rings. The molecule has 0 saturated carbocycles. The molecule has 1 N–H and O–H groups in total. The Hall–Kier alpha value is -3.57. The Bertz CT molecular complexity index is 1280. The smallest absolute Gasteiger partial charge is 0.300 e. The molecule has 1 saturated heterocycles. The number of aliphatic hydroxyl groups is 1. The minimum atomic E-state index is -0.780. The van der Waals surface area contributed by atoms with Crippen LogP contribution >= 0.6 is 11.6 Å². The first-order chi connectivity index (χ1) is 16.3. The van der Waals surface area contributed by atoms with E-state index in [-0.39, 0.29) is 11.3 Å². The Morgan fingerprint density at radius 1 is 1.03 bits per heavy atom. The highest BCUT2D eigenvalue weighted by atomic mass is 35.5. The third-order valence-electron chi connectivity index (χ3n) is 5.82. The maximum Gasteiger partial charge on any atom is 0.300 e. The predicted octanol–water partition coefficient (Wildman–Crippen LogP) is 6.37. The third-order valence-corrected chi connectivity index (χ3v) is 6.07. The van der Waals surface area contributed by atoms with E-state index in [0.29, 0.717) is 22.9 Å². The first kappa shape index (κ1) is 23.6. The zero-order valence-electron chi connectivity index (χ0n) is 19.3. The molecule has 1 aliphatic heterocycles. The first-order valence-electron chi connectivity index (χ1n) is 11.2. The lowest BCUT2D eigenvalue weighted by Crippen LogP contribution is -2.29. The number of hydrogen-bond acceptors (Lipinski definition) is 4. The van der Waals surface area contributed by atoms with Crippen molar-refractivity contribution in [1.29, 1.82) is 0 Å². The van der Waals surface area contributed by atoms with E-state index in [1.165, 1.54) is 4.90 Å². The van der Waals surface area contributed by atoms with Crippen molar-refractivity contribution in [3.63, 3.8) is 0 Å². The monoisotopic (exact) mass is 475 g/mol. The van der Waals surface area contributed by atoms with Gasteiger partial charge in [-0.3, -0.25) is 14.5 Å². The molecule has 1 fully saturated rings. The Morgan fingerprint density at radius 2 is 1.76 bits per heavy atom. The fourth-order valence-corrected chi connectivity index (χ4v) is 4.31. The molecule has 0 aromatic heterocycles. The van der Waals surface area contributed by atoms with Gasteiger partial charge in [0.25, 0.3) is 11.7 Å². The van der Waals surface area contributed by atoms with Crippen LogP contribution in [0.25, 0.3) is 5.76 Å². The van der Waals surface area contributed by atoms with Crippen LogP contribution < -0.4 is 9.64 Å². The van der Waals surface area contributed by atoms with Crippen LogP contribution in [0, 0.1) is 13.8 Å². The summed E-state index contributed by atoms with van der Waals surface area (Å²) in [6.45, 7) is 6.44. The number of aliphatic hydroxyl groups excluding tert-OH is 1. The molecule has 0 aliphatic carbocycles. The van der Waals surface area contributed by atoms with E-state index < -0.39 is 17.7 Å².